The van der Waals surface area contributed by atoms with Crippen LogP contribution in [0.2, 0.25) is 0 Å². The fraction of sp³-hybridized carbons (Fsp3) is 0.200. The molecule has 1 rings (SSSR count). The van der Waals surface area contributed by atoms with E-state index in [1.165, 1.54) is 12.1 Å². The largest absolute Gasteiger partial charge is 0.327 e. The molecule has 0 aliphatic heterocycles. The van der Waals surface area contributed by atoms with Crippen molar-refractivity contribution in [3.63, 3.8) is 0 Å². The molecule has 0 amide bonds. The summed E-state index contributed by atoms with van der Waals surface area (Å²) in [6, 6.07) is 6.26. The minimum absolute atomic E-state index is 0.0555. The Kier molecular flexibility index (Phi) is 4.64. The van der Waals surface area contributed by atoms with Gasteiger partial charge in [-0.15, -0.1) is 0 Å². The molecule has 0 saturated carbocycles. The van der Waals surface area contributed by atoms with Gasteiger partial charge in [0, 0.05) is 11.0 Å². The minimum atomic E-state index is -3.52. The Bertz CT molecular complexity index is 499. The van der Waals surface area contributed by atoms with Gasteiger partial charge in [0.2, 0.25) is 0 Å². The lowest BCUT2D eigenvalue weighted by molar-refractivity contribution is 0.596. The first-order valence-electron chi connectivity index (χ1n) is 4.46. The predicted molar refractivity (Wildman–Crippen MR) is 64.4 cm³/mol. The zero-order chi connectivity index (χ0) is 12.2. The predicted octanol–water partition coefficient (Wildman–Crippen LogP) is 2.03. The van der Waals surface area contributed by atoms with Crippen molar-refractivity contribution in [2.75, 3.05) is 12.3 Å². The Morgan fingerprint density at radius 1 is 1.50 bits per heavy atom. The van der Waals surface area contributed by atoms with Gasteiger partial charge in [-0.05, 0) is 23.8 Å². The van der Waals surface area contributed by atoms with Gasteiger partial charge in [-0.2, -0.15) is 0 Å². The highest BCUT2D eigenvalue weighted by Crippen LogP contribution is 2.18. The fourth-order valence-corrected chi connectivity index (χ4v) is 3.10. The number of benzene rings is 1. The van der Waals surface area contributed by atoms with Gasteiger partial charge in [0.15, 0.2) is 9.84 Å². The summed E-state index contributed by atoms with van der Waals surface area (Å²) in [6.45, 7) is -0.107. The van der Waals surface area contributed by atoms with E-state index in [1.807, 2.05) is 0 Å². The molecule has 2 N–H and O–H groups in total. The summed E-state index contributed by atoms with van der Waals surface area (Å²) in [7, 11) is -3.52. The maximum absolute atomic E-state index is 12.3. The van der Waals surface area contributed by atoms with Crippen LogP contribution < -0.4 is 5.73 Å². The number of hydrogen-bond donors (Lipinski definition) is 1. The lowest BCUT2D eigenvalue weighted by atomic mass is 10.3. The van der Waals surface area contributed by atoms with Crippen LogP contribution in [0.4, 0.5) is 4.39 Å². The zero-order valence-corrected chi connectivity index (χ0v) is 10.8. The third-order valence-electron chi connectivity index (χ3n) is 1.95. The lowest BCUT2D eigenvalue weighted by Gasteiger charge is -2.05. The van der Waals surface area contributed by atoms with Gasteiger partial charge in [0.05, 0.1) is 17.0 Å². The van der Waals surface area contributed by atoms with Crippen LogP contribution >= 0.6 is 15.9 Å². The Morgan fingerprint density at radius 3 is 2.69 bits per heavy atom. The Morgan fingerprint density at radius 2 is 2.19 bits per heavy atom. The van der Waals surface area contributed by atoms with Crippen LogP contribution in [0.5, 0.6) is 0 Å². The van der Waals surface area contributed by atoms with Gasteiger partial charge >= 0.3 is 0 Å². The summed E-state index contributed by atoms with van der Waals surface area (Å²) in [6.07, 6.45) is 0.246. The first-order chi connectivity index (χ1) is 7.49. The van der Waals surface area contributed by atoms with Gasteiger partial charge in [-0.1, -0.05) is 22.0 Å². The molecule has 1 aromatic rings. The second kappa shape index (κ2) is 5.56. The van der Waals surface area contributed by atoms with Crippen molar-refractivity contribution in [1.29, 1.82) is 0 Å². The fourth-order valence-electron chi connectivity index (χ4n) is 1.12. The maximum Gasteiger partial charge on any atom is 0.182 e. The molecular weight excluding hydrogens is 297 g/mol. The Hall–Kier alpha value is -0.720. The highest BCUT2D eigenvalue weighted by Gasteiger charge is 2.16. The van der Waals surface area contributed by atoms with E-state index in [9.17, 15) is 12.8 Å². The van der Waals surface area contributed by atoms with Crippen LogP contribution in [0.25, 0.3) is 0 Å². The number of halogens is 2. The number of hydrogen-bond acceptors (Lipinski definition) is 3. The van der Waals surface area contributed by atoms with E-state index >= 15 is 0 Å². The van der Waals surface area contributed by atoms with Crippen LogP contribution in [0.3, 0.4) is 0 Å². The van der Waals surface area contributed by atoms with Crippen molar-refractivity contribution >= 4 is 25.8 Å². The number of nitrogens with two attached hydrogens (primary N) is 1. The molecule has 1 aromatic carbocycles. The maximum atomic E-state index is 12.3. The molecule has 0 aromatic heterocycles. The smallest absolute Gasteiger partial charge is 0.182 e. The standard InChI is InChI=1S/C10H11BrFNO2S/c11-9-2-1-3-10(4-9)16(14,15)7-8(5-12)6-13/h1-5H,6-7,13H2/b8-5+. The van der Waals surface area contributed by atoms with E-state index in [0.717, 1.165) is 0 Å². The normalized spacial score (nSPS) is 12.8. The molecular formula is C10H11BrFNO2S. The highest BCUT2D eigenvalue weighted by molar-refractivity contribution is 9.10. The van der Waals surface area contributed by atoms with Crippen LogP contribution in [0.15, 0.2) is 45.5 Å². The molecule has 16 heavy (non-hydrogen) atoms. The average molecular weight is 308 g/mol. The molecule has 0 aliphatic rings. The number of rotatable bonds is 4. The second-order valence-electron chi connectivity index (χ2n) is 3.19. The second-order valence-corrected chi connectivity index (χ2v) is 6.09. The summed E-state index contributed by atoms with van der Waals surface area (Å²) in [5.74, 6) is -0.392. The van der Waals surface area contributed by atoms with E-state index in [4.69, 9.17) is 5.73 Å². The molecule has 0 bridgehead atoms. The van der Waals surface area contributed by atoms with Gasteiger partial charge in [-0.25, -0.2) is 12.8 Å². The molecule has 0 heterocycles. The van der Waals surface area contributed by atoms with E-state index in [2.05, 4.69) is 15.9 Å². The minimum Gasteiger partial charge on any atom is -0.327 e. The summed E-state index contributed by atoms with van der Waals surface area (Å²) in [5, 5.41) is 0. The van der Waals surface area contributed by atoms with Gasteiger partial charge < -0.3 is 5.73 Å². The third kappa shape index (κ3) is 3.40. The summed E-state index contributed by atoms with van der Waals surface area (Å²) >= 11 is 3.18. The van der Waals surface area contributed by atoms with Gasteiger partial charge in [0.1, 0.15) is 0 Å². The molecule has 88 valence electrons. The Balaban J connectivity index is 3.03. The monoisotopic (exact) mass is 307 g/mol. The molecule has 3 nitrogen and oxygen atoms in total. The van der Waals surface area contributed by atoms with Crippen molar-refractivity contribution in [3.05, 3.63) is 40.6 Å². The van der Waals surface area contributed by atoms with E-state index < -0.39 is 15.6 Å². The summed E-state index contributed by atoms with van der Waals surface area (Å²) in [5.41, 5.74) is 5.27. The van der Waals surface area contributed by atoms with Crippen LogP contribution in [-0.4, -0.2) is 20.7 Å². The first-order valence-corrected chi connectivity index (χ1v) is 6.90. The van der Waals surface area contributed by atoms with Crippen molar-refractivity contribution in [2.24, 2.45) is 5.73 Å². The molecule has 0 spiro atoms. The van der Waals surface area contributed by atoms with Crippen LogP contribution in [0.1, 0.15) is 0 Å². The summed E-state index contributed by atoms with van der Waals surface area (Å²) < 4.78 is 36.6. The van der Waals surface area contributed by atoms with Crippen molar-refractivity contribution < 1.29 is 12.8 Å². The van der Waals surface area contributed by atoms with Crippen LogP contribution in [-0.2, 0) is 9.84 Å². The molecule has 0 saturated heterocycles. The molecule has 0 aliphatic carbocycles. The lowest BCUT2D eigenvalue weighted by Crippen LogP contribution is -2.14. The molecule has 6 heteroatoms. The first kappa shape index (κ1) is 13.3. The molecule has 0 atom stereocenters. The van der Waals surface area contributed by atoms with E-state index in [1.54, 1.807) is 12.1 Å². The van der Waals surface area contributed by atoms with Gasteiger partial charge in [-0.3, -0.25) is 0 Å². The van der Waals surface area contributed by atoms with Crippen molar-refractivity contribution in [1.82, 2.24) is 0 Å². The highest BCUT2D eigenvalue weighted by atomic mass is 79.9. The quantitative estimate of drug-likeness (QED) is 0.926. The molecule has 0 unspecified atom stereocenters. The van der Waals surface area contributed by atoms with E-state index in [0.29, 0.717) is 4.47 Å². The van der Waals surface area contributed by atoms with Crippen molar-refractivity contribution in [2.45, 2.75) is 4.90 Å². The Labute approximate surface area is 102 Å². The zero-order valence-electron chi connectivity index (χ0n) is 8.36. The third-order valence-corrected chi connectivity index (χ3v) is 4.16. The molecule has 0 fully saturated rings. The number of sulfone groups is 1. The SMILES string of the molecule is NC/C(=C\F)CS(=O)(=O)c1cccc(Br)c1. The average Bonchev–Trinajstić information content (AvgIpc) is 2.26. The van der Waals surface area contributed by atoms with E-state index in [-0.39, 0.29) is 23.3 Å². The van der Waals surface area contributed by atoms with Crippen LogP contribution in [0, 0.1) is 0 Å². The summed E-state index contributed by atoms with van der Waals surface area (Å²) in [4.78, 5) is 0.148. The van der Waals surface area contributed by atoms with Crippen molar-refractivity contribution in [3.8, 4) is 0 Å². The topological polar surface area (TPSA) is 60.2 Å². The molecule has 0 radical (unpaired) electrons. The van der Waals surface area contributed by atoms with Gasteiger partial charge in [0.25, 0.3) is 0 Å².